The van der Waals surface area contributed by atoms with Gasteiger partial charge >= 0.3 is 5.97 Å². The number of carboxylic acids is 1. The van der Waals surface area contributed by atoms with Gasteiger partial charge in [0.05, 0.1) is 0 Å². The maximum Gasteiger partial charge on any atom is 0.327 e. The lowest BCUT2D eigenvalue weighted by molar-refractivity contribution is -0.131. The number of carboxylic acid groups (broad SMARTS) is 1. The molecule has 0 amide bonds. The molecule has 1 N–H and O–H groups in total. The number of aliphatic carboxylic acids is 1. The second-order valence-electron chi connectivity index (χ2n) is 2.92. The van der Waals surface area contributed by atoms with Gasteiger partial charge in [-0.05, 0) is 12.8 Å². The SMILES string of the molecule is [2H]OC(=O)C=CCCCCCCC. The highest BCUT2D eigenvalue weighted by Crippen LogP contribution is 2.04. The first-order valence-corrected chi connectivity index (χ1v) is 4.65. The molecule has 0 heterocycles. The number of rotatable bonds is 7. The summed E-state index contributed by atoms with van der Waals surface area (Å²) in [5.41, 5.74) is 0. The Balaban J connectivity index is 3.15. The molecule has 0 spiro atoms. The van der Waals surface area contributed by atoms with Gasteiger partial charge in [0.25, 0.3) is 1.43 Å². The van der Waals surface area contributed by atoms with Gasteiger partial charge in [-0.1, -0.05) is 38.7 Å². The van der Waals surface area contributed by atoms with Crippen molar-refractivity contribution in [1.29, 1.82) is 1.43 Å². The Hall–Kier alpha value is -0.790. The maximum absolute atomic E-state index is 10.5. The van der Waals surface area contributed by atoms with Gasteiger partial charge in [-0.15, -0.1) is 0 Å². The van der Waals surface area contributed by atoms with Gasteiger partial charge in [0, 0.05) is 6.08 Å². The van der Waals surface area contributed by atoms with E-state index in [0.717, 1.165) is 12.8 Å². The number of hydrogen-bond acceptors (Lipinski definition) is 2. The summed E-state index contributed by atoms with van der Waals surface area (Å²) in [5, 5.41) is 3.72. The van der Waals surface area contributed by atoms with Crippen LogP contribution in [0.3, 0.4) is 0 Å². The molecule has 0 radical (unpaired) electrons. The summed E-state index contributed by atoms with van der Waals surface area (Å²) >= 11 is 0. The van der Waals surface area contributed by atoms with E-state index < -0.39 is 5.97 Å². The number of carbonyl (C=O) groups is 1. The monoisotopic (exact) mass is 171 g/mol. The van der Waals surface area contributed by atoms with Gasteiger partial charge in [-0.3, -0.25) is 0 Å². The molecular formula is C10H18O2. The number of allylic oxidation sites excluding steroid dienone is 1. The lowest BCUT2D eigenvalue weighted by atomic mass is 10.1. The van der Waals surface area contributed by atoms with E-state index in [2.05, 4.69) is 12.0 Å². The first kappa shape index (κ1) is 9.30. The predicted octanol–water partition coefficient (Wildman–Crippen LogP) is 2.99. The van der Waals surface area contributed by atoms with Crippen molar-refractivity contribution in [2.24, 2.45) is 0 Å². The molecule has 0 rings (SSSR count). The van der Waals surface area contributed by atoms with Crippen LogP contribution < -0.4 is 0 Å². The third-order valence-corrected chi connectivity index (χ3v) is 1.73. The van der Waals surface area contributed by atoms with Crippen molar-refractivity contribution in [3.63, 3.8) is 0 Å². The first-order chi connectivity index (χ1) is 6.31. The molecule has 70 valence electrons. The fraction of sp³-hybridized carbons (Fsp3) is 0.700. The minimum atomic E-state index is -0.589. The third-order valence-electron chi connectivity index (χ3n) is 1.73. The summed E-state index contributed by atoms with van der Waals surface area (Å²) in [6, 6.07) is 0. The molecule has 0 unspecified atom stereocenters. The van der Waals surface area contributed by atoms with E-state index >= 15 is 0 Å². The fourth-order valence-corrected chi connectivity index (χ4v) is 1.05. The van der Waals surface area contributed by atoms with E-state index in [1.807, 2.05) is 0 Å². The zero-order valence-electron chi connectivity index (χ0n) is 8.71. The first-order valence-electron chi connectivity index (χ1n) is 5.05. The summed E-state index contributed by atoms with van der Waals surface area (Å²) in [7, 11) is 0. The van der Waals surface area contributed by atoms with Crippen LogP contribution >= 0.6 is 0 Å². The molecule has 12 heavy (non-hydrogen) atoms. The largest absolute Gasteiger partial charge is 0.478 e. The molecule has 2 nitrogen and oxygen atoms in total. The van der Waals surface area contributed by atoms with Crippen LogP contribution in [0, 0.1) is 0 Å². The van der Waals surface area contributed by atoms with Crippen LogP contribution in [0.25, 0.3) is 1.43 Å². The highest BCUT2D eigenvalue weighted by molar-refractivity contribution is 5.79. The molecular weight excluding hydrogens is 152 g/mol. The van der Waals surface area contributed by atoms with E-state index in [9.17, 15) is 4.79 Å². The van der Waals surface area contributed by atoms with E-state index in [4.69, 9.17) is 1.43 Å². The number of unbranched alkanes of at least 4 members (excludes halogenated alkanes) is 5. The smallest absolute Gasteiger partial charge is 0.327 e. The Morgan fingerprint density at radius 2 is 2.17 bits per heavy atom. The molecule has 0 aliphatic carbocycles. The van der Waals surface area contributed by atoms with Gasteiger partial charge in [-0.2, -0.15) is 0 Å². The maximum atomic E-state index is 10.5. The summed E-state index contributed by atoms with van der Waals surface area (Å²) < 4.78 is 6.28. The van der Waals surface area contributed by atoms with E-state index in [1.54, 1.807) is 6.08 Å². The van der Waals surface area contributed by atoms with Crippen molar-refractivity contribution >= 4 is 5.97 Å². The molecule has 0 aromatic rings. The zero-order valence-corrected chi connectivity index (χ0v) is 7.71. The van der Waals surface area contributed by atoms with Crippen molar-refractivity contribution in [3.05, 3.63) is 12.2 Å². The zero-order chi connectivity index (χ0) is 9.94. The molecule has 0 aromatic carbocycles. The molecule has 0 aromatic heterocycles. The Labute approximate surface area is 75.8 Å². The van der Waals surface area contributed by atoms with E-state index in [-0.39, 0.29) is 0 Å². The predicted molar refractivity (Wildman–Crippen MR) is 50.2 cm³/mol. The van der Waals surface area contributed by atoms with Crippen LogP contribution in [0.5, 0.6) is 0 Å². The fourth-order valence-electron chi connectivity index (χ4n) is 1.05. The Kier molecular flexibility index (Phi) is 6.44. The van der Waals surface area contributed by atoms with Crippen molar-refractivity contribution in [1.82, 2.24) is 0 Å². The molecule has 0 fully saturated rings. The summed E-state index contributed by atoms with van der Waals surface area (Å²) in [6.45, 7) is 2.18. The van der Waals surface area contributed by atoms with Gasteiger partial charge in [0.15, 0.2) is 0 Å². The van der Waals surface area contributed by atoms with Crippen LogP contribution in [0.2, 0.25) is 0 Å². The van der Waals surface area contributed by atoms with Crippen molar-refractivity contribution in [2.75, 3.05) is 0 Å². The quantitative estimate of drug-likeness (QED) is 0.472. The van der Waals surface area contributed by atoms with Crippen molar-refractivity contribution in [3.8, 4) is 0 Å². The van der Waals surface area contributed by atoms with Crippen LogP contribution in [0.4, 0.5) is 0 Å². The van der Waals surface area contributed by atoms with Gasteiger partial charge < -0.3 is 5.11 Å². The average molecular weight is 171 g/mol. The molecule has 0 saturated carbocycles. The summed E-state index contributed by atoms with van der Waals surface area (Å²) in [5.74, 6) is -0.589. The van der Waals surface area contributed by atoms with Crippen LogP contribution in [0.15, 0.2) is 12.2 Å². The minimum absolute atomic E-state index is 0.589. The topological polar surface area (TPSA) is 37.3 Å². The van der Waals surface area contributed by atoms with E-state index in [0.29, 0.717) is 0 Å². The molecule has 0 saturated heterocycles. The Morgan fingerprint density at radius 3 is 2.83 bits per heavy atom. The molecule has 0 atom stereocenters. The Bertz CT molecular complexity index is 155. The van der Waals surface area contributed by atoms with Gasteiger partial charge in [0.2, 0.25) is 0 Å². The second-order valence-corrected chi connectivity index (χ2v) is 2.92. The average Bonchev–Trinajstić information content (AvgIpc) is 2.16. The van der Waals surface area contributed by atoms with Crippen LogP contribution in [-0.4, -0.2) is 11.1 Å². The lowest BCUT2D eigenvalue weighted by Crippen LogP contribution is -1.85. The molecule has 2 heteroatoms. The second kappa shape index (κ2) is 8.31. The van der Waals surface area contributed by atoms with Crippen molar-refractivity contribution in [2.45, 2.75) is 45.4 Å². The molecule has 0 bridgehead atoms. The Morgan fingerprint density at radius 1 is 1.42 bits per heavy atom. The lowest BCUT2D eigenvalue weighted by Gasteiger charge is -1.95. The standard InChI is InChI=1S/C10H18O2/c1-2-3-4-5-6-7-8-9-10(11)12/h8-9H,2-7H2,1H3,(H,11,12)/i/hD. The summed E-state index contributed by atoms with van der Waals surface area (Å²) in [6.07, 6.45) is 10.1. The minimum Gasteiger partial charge on any atom is -0.478 e. The number of hydrogen-bond donors (Lipinski definition) is 1. The van der Waals surface area contributed by atoms with E-state index in [1.165, 1.54) is 31.8 Å². The van der Waals surface area contributed by atoms with Gasteiger partial charge in [-0.25, -0.2) is 4.79 Å². The highest BCUT2D eigenvalue weighted by atomic mass is 16.4. The normalized spacial score (nSPS) is 11.6. The van der Waals surface area contributed by atoms with Crippen molar-refractivity contribution < 1.29 is 9.90 Å². The molecule has 0 aliphatic rings. The molecule has 0 aliphatic heterocycles. The third kappa shape index (κ3) is 9.21. The van der Waals surface area contributed by atoms with Crippen LogP contribution in [0.1, 0.15) is 45.4 Å². The van der Waals surface area contributed by atoms with Gasteiger partial charge in [0.1, 0.15) is 0 Å². The highest BCUT2D eigenvalue weighted by Gasteiger charge is 1.87. The summed E-state index contributed by atoms with van der Waals surface area (Å²) in [4.78, 5) is 10.5. The van der Waals surface area contributed by atoms with Crippen LogP contribution in [-0.2, 0) is 4.79 Å².